The summed E-state index contributed by atoms with van der Waals surface area (Å²) in [7, 11) is 1.66. The molecule has 0 bridgehead atoms. The second-order valence-electron chi connectivity index (χ2n) is 9.73. The lowest BCUT2D eigenvalue weighted by atomic mass is 9.62. The first-order chi connectivity index (χ1) is 14.5. The number of benzene rings is 1. The van der Waals surface area contributed by atoms with Crippen molar-refractivity contribution < 1.29 is 9.53 Å². The molecule has 2 aliphatic rings. The lowest BCUT2D eigenvalue weighted by Gasteiger charge is -2.42. The highest BCUT2D eigenvalue weighted by Gasteiger charge is 2.37. The molecule has 1 fully saturated rings. The van der Waals surface area contributed by atoms with E-state index in [0.717, 1.165) is 23.2 Å². The zero-order valence-corrected chi connectivity index (χ0v) is 19.8. The smallest absolute Gasteiger partial charge is 0.273 e. The number of fused-ring (bicyclic) bond motifs is 1. The SMILES string of the molecule is COc1ccc(/C=C2\NC(=S)NC2=O)nc1-c1cc2c(cc1C)C(C)(C)CCC2(C)C. The van der Waals surface area contributed by atoms with Crippen LogP contribution in [0, 0.1) is 6.92 Å². The Kier molecular flexibility index (Phi) is 5.16. The van der Waals surface area contributed by atoms with Crippen molar-refractivity contribution in [2.75, 3.05) is 7.11 Å². The largest absolute Gasteiger partial charge is 0.494 e. The summed E-state index contributed by atoms with van der Waals surface area (Å²) >= 11 is 5.02. The molecule has 1 aliphatic heterocycles. The topological polar surface area (TPSA) is 63.2 Å². The normalized spacial score (nSPS) is 20.3. The van der Waals surface area contributed by atoms with E-state index in [2.05, 4.69) is 57.4 Å². The Hall–Kier alpha value is -2.73. The summed E-state index contributed by atoms with van der Waals surface area (Å²) in [5.74, 6) is 0.454. The molecule has 1 aromatic heterocycles. The van der Waals surface area contributed by atoms with E-state index in [9.17, 15) is 4.79 Å². The second kappa shape index (κ2) is 7.45. The molecule has 31 heavy (non-hydrogen) atoms. The maximum atomic E-state index is 12.0. The Bertz CT molecular complexity index is 1130. The Labute approximate surface area is 189 Å². The number of aromatic nitrogens is 1. The van der Waals surface area contributed by atoms with Gasteiger partial charge in [-0.2, -0.15) is 0 Å². The number of ether oxygens (including phenoxy) is 1. The first-order valence-corrected chi connectivity index (χ1v) is 11.0. The number of thiocarbonyl (C=S) groups is 1. The van der Waals surface area contributed by atoms with Crippen LogP contribution in [0.25, 0.3) is 17.3 Å². The summed E-state index contributed by atoms with van der Waals surface area (Å²) in [5, 5.41) is 5.76. The molecule has 162 valence electrons. The van der Waals surface area contributed by atoms with Crippen LogP contribution in [0.5, 0.6) is 5.75 Å². The van der Waals surface area contributed by atoms with Crippen LogP contribution < -0.4 is 15.4 Å². The van der Waals surface area contributed by atoms with E-state index < -0.39 is 0 Å². The highest BCUT2D eigenvalue weighted by molar-refractivity contribution is 7.80. The number of methoxy groups -OCH3 is 1. The predicted molar refractivity (Wildman–Crippen MR) is 128 cm³/mol. The molecule has 0 atom stereocenters. The van der Waals surface area contributed by atoms with Gasteiger partial charge in [0, 0.05) is 5.56 Å². The Balaban J connectivity index is 1.87. The molecule has 2 N–H and O–H groups in total. The molecular formula is C25H29N3O2S. The van der Waals surface area contributed by atoms with E-state index in [1.165, 1.54) is 17.5 Å². The number of carbonyl (C=O) groups is 1. The summed E-state index contributed by atoms with van der Waals surface area (Å²) in [6.45, 7) is 11.4. The van der Waals surface area contributed by atoms with Gasteiger partial charge in [-0.1, -0.05) is 33.8 Å². The van der Waals surface area contributed by atoms with Crippen LogP contribution >= 0.6 is 12.2 Å². The summed E-state index contributed by atoms with van der Waals surface area (Å²) < 4.78 is 5.66. The lowest BCUT2D eigenvalue weighted by Crippen LogP contribution is -2.34. The highest BCUT2D eigenvalue weighted by atomic mass is 32.1. The van der Waals surface area contributed by atoms with Gasteiger partial charge >= 0.3 is 0 Å². The average molecular weight is 436 g/mol. The number of hydrogen-bond donors (Lipinski definition) is 2. The van der Waals surface area contributed by atoms with Crippen LogP contribution in [0.1, 0.15) is 62.9 Å². The van der Waals surface area contributed by atoms with E-state index in [1.54, 1.807) is 13.2 Å². The number of rotatable bonds is 3. The van der Waals surface area contributed by atoms with Crippen molar-refractivity contribution in [1.29, 1.82) is 0 Å². The predicted octanol–water partition coefficient (Wildman–Crippen LogP) is 4.76. The van der Waals surface area contributed by atoms with Crippen molar-refractivity contribution in [2.24, 2.45) is 0 Å². The number of hydrogen-bond acceptors (Lipinski definition) is 4. The summed E-state index contributed by atoms with van der Waals surface area (Å²) in [6, 6.07) is 8.35. The Morgan fingerprint density at radius 3 is 2.29 bits per heavy atom. The van der Waals surface area contributed by atoms with Crippen molar-refractivity contribution >= 4 is 29.3 Å². The Morgan fingerprint density at radius 1 is 1.06 bits per heavy atom. The number of aryl methyl sites for hydroxylation is 1. The molecule has 2 aromatic rings. The quantitative estimate of drug-likeness (QED) is 0.538. The van der Waals surface area contributed by atoms with Gasteiger partial charge in [0.1, 0.15) is 17.1 Å². The van der Waals surface area contributed by atoms with Gasteiger partial charge in [-0.25, -0.2) is 4.98 Å². The van der Waals surface area contributed by atoms with Gasteiger partial charge in [0.05, 0.1) is 12.8 Å². The molecule has 0 radical (unpaired) electrons. The number of carbonyl (C=O) groups excluding carboxylic acids is 1. The van der Waals surface area contributed by atoms with Crippen molar-refractivity contribution in [3.8, 4) is 17.0 Å². The number of pyridine rings is 1. The third-order valence-electron chi connectivity index (χ3n) is 6.56. The molecule has 1 amide bonds. The van der Waals surface area contributed by atoms with Gasteiger partial charge in [0.15, 0.2) is 5.11 Å². The molecule has 0 saturated carbocycles. The molecule has 1 saturated heterocycles. The molecule has 4 rings (SSSR count). The fourth-order valence-electron chi connectivity index (χ4n) is 4.51. The van der Waals surface area contributed by atoms with Gasteiger partial charge < -0.3 is 10.1 Å². The van der Waals surface area contributed by atoms with E-state index in [-0.39, 0.29) is 16.7 Å². The van der Waals surface area contributed by atoms with E-state index >= 15 is 0 Å². The lowest BCUT2D eigenvalue weighted by molar-refractivity contribution is -0.115. The van der Waals surface area contributed by atoms with Crippen LogP contribution in [0.15, 0.2) is 30.0 Å². The monoisotopic (exact) mass is 435 g/mol. The number of nitrogens with one attached hydrogen (secondary N) is 2. The average Bonchev–Trinajstić information content (AvgIpc) is 3.02. The van der Waals surface area contributed by atoms with Crippen LogP contribution in [0.2, 0.25) is 0 Å². The van der Waals surface area contributed by atoms with E-state index in [1.807, 2.05) is 12.1 Å². The first-order valence-electron chi connectivity index (χ1n) is 10.6. The van der Waals surface area contributed by atoms with Crippen LogP contribution in [0.3, 0.4) is 0 Å². The first kappa shape index (κ1) is 21.5. The molecule has 0 spiro atoms. The third kappa shape index (κ3) is 3.85. The maximum absolute atomic E-state index is 12.0. The van der Waals surface area contributed by atoms with Gasteiger partial charge in [0.2, 0.25) is 0 Å². The number of nitrogens with zero attached hydrogens (tertiary/aromatic N) is 1. The van der Waals surface area contributed by atoms with Crippen molar-refractivity contribution in [3.63, 3.8) is 0 Å². The van der Waals surface area contributed by atoms with Gasteiger partial charge in [-0.15, -0.1) is 0 Å². The van der Waals surface area contributed by atoms with Crippen LogP contribution in [-0.2, 0) is 15.6 Å². The molecule has 1 aliphatic carbocycles. The minimum absolute atomic E-state index is 0.0989. The van der Waals surface area contributed by atoms with Crippen LogP contribution in [0.4, 0.5) is 0 Å². The molecule has 5 nitrogen and oxygen atoms in total. The summed E-state index contributed by atoms with van der Waals surface area (Å²) in [4.78, 5) is 16.9. The molecule has 6 heteroatoms. The van der Waals surface area contributed by atoms with Gasteiger partial charge in [-0.3, -0.25) is 10.1 Å². The number of amides is 1. The highest BCUT2D eigenvalue weighted by Crippen LogP contribution is 2.48. The van der Waals surface area contributed by atoms with Crippen molar-refractivity contribution in [3.05, 3.63) is 52.3 Å². The minimum atomic E-state index is -0.252. The van der Waals surface area contributed by atoms with E-state index in [0.29, 0.717) is 22.3 Å². The standard InChI is InChI=1S/C25H29N3O2S/c1-14-11-17-18(25(4,5)10-9-24(17,2)3)13-16(14)21-20(30-6)8-7-15(26-21)12-19-22(29)28-23(31)27-19/h7-8,11-13H,9-10H2,1-6H3,(H2,27,28,29,31)/b19-12-. The van der Waals surface area contributed by atoms with Gasteiger partial charge in [-0.05, 0) is 83.8 Å². The zero-order chi connectivity index (χ0) is 22.6. The molecular weight excluding hydrogens is 406 g/mol. The maximum Gasteiger partial charge on any atom is 0.273 e. The van der Waals surface area contributed by atoms with Crippen molar-refractivity contribution in [2.45, 2.75) is 58.3 Å². The molecule has 2 heterocycles. The third-order valence-corrected chi connectivity index (χ3v) is 6.77. The fraction of sp³-hybridized carbons (Fsp3) is 0.400. The molecule has 0 unspecified atom stereocenters. The second-order valence-corrected chi connectivity index (χ2v) is 10.1. The summed E-state index contributed by atoms with van der Waals surface area (Å²) in [6.07, 6.45) is 4.03. The van der Waals surface area contributed by atoms with E-state index in [4.69, 9.17) is 21.9 Å². The fourth-order valence-corrected chi connectivity index (χ4v) is 4.71. The summed E-state index contributed by atoms with van der Waals surface area (Å²) in [5.41, 5.74) is 7.09. The van der Waals surface area contributed by atoms with Gasteiger partial charge in [0.25, 0.3) is 5.91 Å². The minimum Gasteiger partial charge on any atom is -0.494 e. The molecule has 1 aromatic carbocycles. The van der Waals surface area contributed by atoms with Crippen LogP contribution in [-0.4, -0.2) is 23.1 Å². The zero-order valence-electron chi connectivity index (χ0n) is 19.0. The van der Waals surface area contributed by atoms with Crippen molar-refractivity contribution in [1.82, 2.24) is 15.6 Å². The Morgan fingerprint density at radius 2 is 1.71 bits per heavy atom.